The minimum Gasteiger partial charge on any atom is -0.319 e. The van der Waals surface area contributed by atoms with Crippen molar-refractivity contribution >= 4 is 34.0 Å². The fraction of sp³-hybridized carbons (Fsp3) is 0.105. The largest absolute Gasteiger partial charge is 0.319 e. The van der Waals surface area contributed by atoms with E-state index in [1.807, 2.05) is 24.3 Å². The molecule has 2 nitrogen and oxygen atoms in total. The van der Waals surface area contributed by atoms with Crippen LogP contribution < -0.4 is 0 Å². The van der Waals surface area contributed by atoms with Gasteiger partial charge in [-0.05, 0) is 48.9 Å². The van der Waals surface area contributed by atoms with Crippen molar-refractivity contribution < 1.29 is 0 Å². The molecule has 0 atom stereocenters. The number of rotatable bonds is 3. The molecule has 0 amide bonds. The van der Waals surface area contributed by atoms with E-state index in [0.717, 1.165) is 28.4 Å². The molecule has 2 aromatic heterocycles. The van der Waals surface area contributed by atoms with Crippen LogP contribution in [0.4, 0.5) is 0 Å². The van der Waals surface area contributed by atoms with Crippen molar-refractivity contribution in [2.45, 2.75) is 13.5 Å². The molecule has 0 aliphatic carbocycles. The summed E-state index contributed by atoms with van der Waals surface area (Å²) in [4.78, 5) is 7.34. The van der Waals surface area contributed by atoms with Gasteiger partial charge in [-0.15, -0.1) is 11.3 Å². The lowest BCUT2D eigenvalue weighted by Crippen LogP contribution is -2.01. The van der Waals surface area contributed by atoms with E-state index in [0.29, 0.717) is 0 Å². The third kappa shape index (κ3) is 2.78. The maximum Gasteiger partial charge on any atom is 0.151 e. The van der Waals surface area contributed by atoms with E-state index in [1.165, 1.54) is 15.3 Å². The van der Waals surface area contributed by atoms with Gasteiger partial charge < -0.3 is 4.57 Å². The van der Waals surface area contributed by atoms with E-state index in [9.17, 15) is 0 Å². The quantitative estimate of drug-likeness (QED) is 0.463. The maximum atomic E-state index is 6.14. The lowest BCUT2D eigenvalue weighted by molar-refractivity contribution is 0.836. The third-order valence-corrected chi connectivity index (χ3v) is 5.08. The Bertz CT molecular complexity index is 984. The molecular formula is C19H15ClN2S. The van der Waals surface area contributed by atoms with Crippen LogP contribution in [0.25, 0.3) is 21.7 Å². The molecular weight excluding hydrogens is 324 g/mol. The molecule has 2 aromatic carbocycles. The summed E-state index contributed by atoms with van der Waals surface area (Å²) in [7, 11) is 0. The molecule has 0 bridgehead atoms. The minimum absolute atomic E-state index is 0.757. The number of aromatic nitrogens is 2. The summed E-state index contributed by atoms with van der Waals surface area (Å²) in [5.74, 6) is 1.02. The second-order valence-electron chi connectivity index (χ2n) is 5.55. The number of hydrogen-bond acceptors (Lipinski definition) is 2. The number of nitrogens with zero attached hydrogens (tertiary/aromatic N) is 2. The summed E-state index contributed by atoms with van der Waals surface area (Å²) >= 11 is 7.92. The van der Waals surface area contributed by atoms with E-state index < -0.39 is 0 Å². The Kier molecular flexibility index (Phi) is 3.68. The van der Waals surface area contributed by atoms with Gasteiger partial charge >= 0.3 is 0 Å². The van der Waals surface area contributed by atoms with Crippen molar-refractivity contribution in [3.05, 3.63) is 76.1 Å². The van der Waals surface area contributed by atoms with Gasteiger partial charge in [0.2, 0.25) is 0 Å². The highest BCUT2D eigenvalue weighted by molar-refractivity contribution is 7.15. The number of halogens is 1. The molecule has 23 heavy (non-hydrogen) atoms. The predicted octanol–water partition coefficient (Wildman–Crippen LogP) is 5.77. The number of thiophene rings is 1. The topological polar surface area (TPSA) is 17.8 Å². The van der Waals surface area contributed by atoms with Crippen molar-refractivity contribution in [1.82, 2.24) is 9.55 Å². The van der Waals surface area contributed by atoms with Crippen molar-refractivity contribution in [1.29, 1.82) is 0 Å². The summed E-state index contributed by atoms with van der Waals surface area (Å²) in [5.41, 5.74) is 3.35. The van der Waals surface area contributed by atoms with Gasteiger partial charge in [0.25, 0.3) is 0 Å². The Balaban J connectivity index is 1.89. The molecule has 4 rings (SSSR count). The van der Waals surface area contributed by atoms with E-state index in [-0.39, 0.29) is 0 Å². The van der Waals surface area contributed by atoms with E-state index in [4.69, 9.17) is 16.6 Å². The van der Waals surface area contributed by atoms with E-state index in [2.05, 4.69) is 47.9 Å². The zero-order valence-electron chi connectivity index (χ0n) is 12.7. The molecule has 4 aromatic rings. The normalized spacial score (nSPS) is 11.2. The lowest BCUT2D eigenvalue weighted by Gasteiger charge is -2.09. The van der Waals surface area contributed by atoms with Gasteiger partial charge in [-0.2, -0.15) is 0 Å². The van der Waals surface area contributed by atoms with Crippen LogP contribution >= 0.6 is 22.9 Å². The van der Waals surface area contributed by atoms with Gasteiger partial charge in [0.15, 0.2) is 5.82 Å². The van der Waals surface area contributed by atoms with E-state index in [1.54, 1.807) is 11.3 Å². The highest BCUT2D eigenvalue weighted by Crippen LogP contribution is 2.31. The summed E-state index contributed by atoms with van der Waals surface area (Å²) in [6.07, 6.45) is 0. The van der Waals surface area contributed by atoms with Crippen molar-refractivity contribution in [2.24, 2.45) is 0 Å². The van der Waals surface area contributed by atoms with E-state index >= 15 is 0 Å². The Labute approximate surface area is 144 Å². The van der Waals surface area contributed by atoms with Gasteiger partial charge in [-0.1, -0.05) is 35.9 Å². The first-order valence-corrected chi connectivity index (χ1v) is 8.67. The Morgan fingerprint density at radius 1 is 1.04 bits per heavy atom. The number of benzene rings is 2. The average molecular weight is 339 g/mol. The van der Waals surface area contributed by atoms with Gasteiger partial charge in [0.1, 0.15) is 0 Å². The van der Waals surface area contributed by atoms with Crippen LogP contribution in [0.1, 0.15) is 10.4 Å². The molecule has 0 saturated heterocycles. The molecule has 2 heterocycles. The number of hydrogen-bond donors (Lipinski definition) is 0. The second kappa shape index (κ2) is 5.84. The molecule has 0 saturated carbocycles. The predicted molar refractivity (Wildman–Crippen MR) is 98.3 cm³/mol. The molecule has 0 unspecified atom stereocenters. The first-order chi connectivity index (χ1) is 11.2. The lowest BCUT2D eigenvalue weighted by atomic mass is 10.2. The van der Waals surface area contributed by atoms with Crippen LogP contribution in [0.3, 0.4) is 0 Å². The highest BCUT2D eigenvalue weighted by Gasteiger charge is 2.14. The number of fused-ring (bicyclic) bond motifs is 1. The van der Waals surface area contributed by atoms with Crippen molar-refractivity contribution in [3.8, 4) is 10.7 Å². The molecule has 114 valence electrons. The van der Waals surface area contributed by atoms with Gasteiger partial charge in [0.05, 0.1) is 15.9 Å². The Morgan fingerprint density at radius 2 is 1.91 bits per heavy atom. The number of para-hydroxylation sites is 2. The Morgan fingerprint density at radius 3 is 2.70 bits per heavy atom. The SMILES string of the molecule is Cc1ccc(-c2nc3ccccc3n2Cc2cccc(Cl)c2)s1. The van der Waals surface area contributed by atoms with Gasteiger partial charge in [0, 0.05) is 16.4 Å². The van der Waals surface area contributed by atoms with Crippen LogP contribution in [0.15, 0.2) is 60.7 Å². The van der Waals surface area contributed by atoms with Crippen LogP contribution in [-0.4, -0.2) is 9.55 Å². The molecule has 0 fully saturated rings. The molecule has 4 heteroatoms. The zero-order chi connectivity index (χ0) is 15.8. The second-order valence-corrected chi connectivity index (χ2v) is 7.27. The molecule has 0 spiro atoms. The zero-order valence-corrected chi connectivity index (χ0v) is 14.2. The number of aryl methyl sites for hydroxylation is 1. The van der Waals surface area contributed by atoms with Crippen LogP contribution in [-0.2, 0) is 6.54 Å². The summed E-state index contributed by atoms with van der Waals surface area (Å²) in [5, 5.41) is 0.764. The number of imidazole rings is 1. The van der Waals surface area contributed by atoms with Crippen molar-refractivity contribution in [3.63, 3.8) is 0 Å². The van der Waals surface area contributed by atoms with Crippen LogP contribution in [0.2, 0.25) is 5.02 Å². The molecule has 0 radical (unpaired) electrons. The maximum absolute atomic E-state index is 6.14. The van der Waals surface area contributed by atoms with Crippen LogP contribution in [0, 0.1) is 6.92 Å². The molecule has 0 N–H and O–H groups in total. The standard InChI is InChI=1S/C19H15ClN2S/c1-13-9-10-18(23-13)19-21-16-7-2-3-8-17(16)22(19)12-14-5-4-6-15(20)11-14/h2-11H,12H2,1H3. The summed E-state index contributed by atoms with van der Waals surface area (Å²) in [6.45, 7) is 2.88. The summed E-state index contributed by atoms with van der Waals surface area (Å²) < 4.78 is 2.27. The minimum atomic E-state index is 0.757. The average Bonchev–Trinajstić information content (AvgIpc) is 3.12. The van der Waals surface area contributed by atoms with Crippen molar-refractivity contribution in [2.75, 3.05) is 0 Å². The van der Waals surface area contributed by atoms with Crippen LogP contribution in [0.5, 0.6) is 0 Å². The fourth-order valence-corrected chi connectivity index (χ4v) is 3.88. The molecule has 0 aliphatic rings. The van der Waals surface area contributed by atoms with Gasteiger partial charge in [-0.25, -0.2) is 4.98 Å². The monoisotopic (exact) mass is 338 g/mol. The molecule has 0 aliphatic heterocycles. The first-order valence-electron chi connectivity index (χ1n) is 7.47. The smallest absolute Gasteiger partial charge is 0.151 e. The first kappa shape index (κ1) is 14.5. The Hall–Kier alpha value is -2.10. The summed E-state index contributed by atoms with van der Waals surface area (Å²) in [6, 6.07) is 20.6. The third-order valence-electron chi connectivity index (χ3n) is 3.85. The fourth-order valence-electron chi connectivity index (χ4n) is 2.80. The van der Waals surface area contributed by atoms with Gasteiger partial charge in [-0.3, -0.25) is 0 Å². The highest BCUT2D eigenvalue weighted by atomic mass is 35.5.